The molecule has 0 atom stereocenters. The fourth-order valence-electron chi connectivity index (χ4n) is 4.13. The summed E-state index contributed by atoms with van der Waals surface area (Å²) in [5, 5.41) is 9.65. The van der Waals surface area contributed by atoms with Gasteiger partial charge in [0.15, 0.2) is 0 Å². The number of rotatable bonds is 10. The molecule has 2 heterocycles. The SMILES string of the molecule is Cc1cc(NCCCCCCCNc2cc(C)nc3ccccc23)c2ccccc2n1. The highest BCUT2D eigenvalue weighted by Crippen LogP contribution is 2.24. The predicted molar refractivity (Wildman–Crippen MR) is 133 cm³/mol. The zero-order chi connectivity index (χ0) is 21.5. The first-order valence-electron chi connectivity index (χ1n) is 11.4. The number of hydrogen-bond donors (Lipinski definition) is 2. The third-order valence-corrected chi connectivity index (χ3v) is 5.67. The van der Waals surface area contributed by atoms with Gasteiger partial charge in [-0.1, -0.05) is 55.7 Å². The Morgan fingerprint density at radius 2 is 1.00 bits per heavy atom. The second-order valence-electron chi connectivity index (χ2n) is 8.28. The smallest absolute Gasteiger partial charge is 0.0725 e. The predicted octanol–water partition coefficient (Wildman–Crippen LogP) is 6.87. The zero-order valence-corrected chi connectivity index (χ0v) is 18.6. The molecule has 0 saturated heterocycles. The van der Waals surface area contributed by atoms with Crippen molar-refractivity contribution in [2.75, 3.05) is 23.7 Å². The highest BCUT2D eigenvalue weighted by molar-refractivity contribution is 5.92. The van der Waals surface area contributed by atoms with Crippen LogP contribution in [-0.4, -0.2) is 23.1 Å². The highest BCUT2D eigenvalue weighted by atomic mass is 14.9. The summed E-state index contributed by atoms with van der Waals surface area (Å²) in [4.78, 5) is 9.23. The maximum atomic E-state index is 4.62. The van der Waals surface area contributed by atoms with Gasteiger partial charge in [0.05, 0.1) is 11.0 Å². The quantitative estimate of drug-likeness (QED) is 0.279. The van der Waals surface area contributed by atoms with Crippen LogP contribution in [0.4, 0.5) is 11.4 Å². The molecule has 0 aliphatic carbocycles. The molecule has 31 heavy (non-hydrogen) atoms. The number of fused-ring (bicyclic) bond motifs is 2. The molecule has 0 bridgehead atoms. The first kappa shape index (κ1) is 21.1. The van der Waals surface area contributed by atoms with E-state index >= 15 is 0 Å². The summed E-state index contributed by atoms with van der Waals surface area (Å²) in [5.74, 6) is 0. The molecule has 4 rings (SSSR count). The van der Waals surface area contributed by atoms with Crippen molar-refractivity contribution in [3.63, 3.8) is 0 Å². The van der Waals surface area contributed by atoms with E-state index in [0.717, 1.165) is 35.5 Å². The van der Waals surface area contributed by atoms with Gasteiger partial charge < -0.3 is 10.6 Å². The Morgan fingerprint density at radius 3 is 1.48 bits per heavy atom. The lowest BCUT2D eigenvalue weighted by molar-refractivity contribution is 0.635. The van der Waals surface area contributed by atoms with E-state index in [1.54, 1.807) is 0 Å². The average molecular weight is 413 g/mol. The van der Waals surface area contributed by atoms with Gasteiger partial charge >= 0.3 is 0 Å². The van der Waals surface area contributed by atoms with Crippen LogP contribution in [0.25, 0.3) is 21.8 Å². The van der Waals surface area contributed by atoms with Gasteiger partial charge in [0.1, 0.15) is 0 Å². The van der Waals surface area contributed by atoms with Gasteiger partial charge in [-0.2, -0.15) is 0 Å². The number of aromatic nitrogens is 2. The van der Waals surface area contributed by atoms with Crippen molar-refractivity contribution in [2.45, 2.75) is 46.0 Å². The van der Waals surface area contributed by atoms with Crippen LogP contribution in [0.1, 0.15) is 43.5 Å². The van der Waals surface area contributed by atoms with Crippen molar-refractivity contribution in [1.82, 2.24) is 9.97 Å². The Bertz CT molecular complexity index is 1060. The van der Waals surface area contributed by atoms with Gasteiger partial charge in [0.25, 0.3) is 0 Å². The van der Waals surface area contributed by atoms with Crippen LogP contribution in [0, 0.1) is 13.8 Å². The van der Waals surface area contributed by atoms with E-state index in [1.165, 1.54) is 54.3 Å². The maximum absolute atomic E-state index is 4.62. The molecule has 0 spiro atoms. The van der Waals surface area contributed by atoms with E-state index in [0.29, 0.717) is 0 Å². The first-order chi connectivity index (χ1) is 15.2. The van der Waals surface area contributed by atoms with Gasteiger partial charge in [-0.05, 0) is 51.0 Å². The van der Waals surface area contributed by atoms with Crippen molar-refractivity contribution in [1.29, 1.82) is 0 Å². The van der Waals surface area contributed by atoms with Gasteiger partial charge in [-0.3, -0.25) is 9.97 Å². The Morgan fingerprint density at radius 1 is 0.581 bits per heavy atom. The average Bonchev–Trinajstić information content (AvgIpc) is 2.77. The number of para-hydroxylation sites is 2. The van der Waals surface area contributed by atoms with Crippen LogP contribution in [-0.2, 0) is 0 Å². The van der Waals surface area contributed by atoms with Crippen LogP contribution in [0.3, 0.4) is 0 Å². The number of anilines is 2. The third-order valence-electron chi connectivity index (χ3n) is 5.67. The lowest BCUT2D eigenvalue weighted by Crippen LogP contribution is -2.04. The summed E-state index contributed by atoms with van der Waals surface area (Å²) >= 11 is 0. The zero-order valence-electron chi connectivity index (χ0n) is 18.6. The van der Waals surface area contributed by atoms with Gasteiger partial charge in [0.2, 0.25) is 0 Å². The second kappa shape index (κ2) is 10.3. The maximum Gasteiger partial charge on any atom is 0.0725 e. The molecule has 0 radical (unpaired) electrons. The van der Waals surface area contributed by atoms with E-state index < -0.39 is 0 Å². The molecule has 4 nitrogen and oxygen atoms in total. The van der Waals surface area contributed by atoms with Crippen LogP contribution < -0.4 is 10.6 Å². The van der Waals surface area contributed by atoms with Gasteiger partial charge in [0, 0.05) is 46.6 Å². The Balaban J connectivity index is 1.15. The molecule has 0 saturated carbocycles. The Kier molecular flexibility index (Phi) is 6.98. The second-order valence-corrected chi connectivity index (χ2v) is 8.28. The largest absolute Gasteiger partial charge is 0.384 e. The van der Waals surface area contributed by atoms with Crippen molar-refractivity contribution in [2.24, 2.45) is 0 Å². The van der Waals surface area contributed by atoms with Crippen LogP contribution in [0.5, 0.6) is 0 Å². The normalized spacial score (nSPS) is 11.2. The molecule has 0 aliphatic heterocycles. The van der Waals surface area contributed by atoms with Crippen LogP contribution in [0.15, 0.2) is 60.7 Å². The Hall–Kier alpha value is -3.14. The Labute approximate surface area is 185 Å². The summed E-state index contributed by atoms with van der Waals surface area (Å²) in [6.45, 7) is 6.13. The van der Waals surface area contributed by atoms with Gasteiger partial charge in [-0.25, -0.2) is 0 Å². The van der Waals surface area contributed by atoms with E-state index in [-0.39, 0.29) is 0 Å². The van der Waals surface area contributed by atoms with E-state index in [2.05, 4.69) is 83.0 Å². The molecular weight excluding hydrogens is 380 g/mol. The number of unbranched alkanes of at least 4 members (excludes halogenated alkanes) is 4. The minimum absolute atomic E-state index is 1.01. The summed E-state index contributed by atoms with van der Waals surface area (Å²) < 4.78 is 0. The summed E-state index contributed by atoms with van der Waals surface area (Å²) in [6.07, 6.45) is 6.17. The van der Waals surface area contributed by atoms with Crippen LogP contribution >= 0.6 is 0 Å². The highest BCUT2D eigenvalue weighted by Gasteiger charge is 2.04. The minimum atomic E-state index is 1.01. The fraction of sp³-hybridized carbons (Fsp3) is 0.333. The summed E-state index contributed by atoms with van der Waals surface area (Å²) in [6, 6.07) is 21.0. The lowest BCUT2D eigenvalue weighted by Gasteiger charge is -2.11. The number of aryl methyl sites for hydroxylation is 2. The molecule has 4 heteroatoms. The lowest BCUT2D eigenvalue weighted by atomic mass is 10.1. The molecule has 160 valence electrons. The molecule has 2 N–H and O–H groups in total. The first-order valence-corrected chi connectivity index (χ1v) is 11.4. The molecular formula is C27H32N4. The van der Waals surface area contributed by atoms with E-state index in [9.17, 15) is 0 Å². The van der Waals surface area contributed by atoms with Gasteiger partial charge in [-0.15, -0.1) is 0 Å². The molecule has 2 aromatic carbocycles. The van der Waals surface area contributed by atoms with E-state index in [1.807, 2.05) is 12.1 Å². The van der Waals surface area contributed by atoms with Crippen molar-refractivity contribution in [3.8, 4) is 0 Å². The summed E-state index contributed by atoms with van der Waals surface area (Å²) in [5.41, 5.74) is 6.65. The number of pyridine rings is 2. The molecule has 0 aliphatic rings. The van der Waals surface area contributed by atoms with Crippen molar-refractivity contribution >= 4 is 33.2 Å². The molecule has 0 amide bonds. The van der Waals surface area contributed by atoms with E-state index in [4.69, 9.17) is 0 Å². The molecule has 4 aromatic rings. The third kappa shape index (κ3) is 5.52. The number of hydrogen-bond acceptors (Lipinski definition) is 4. The molecule has 0 unspecified atom stereocenters. The number of nitrogens with zero attached hydrogens (tertiary/aromatic N) is 2. The topological polar surface area (TPSA) is 49.8 Å². The number of benzene rings is 2. The molecule has 0 fully saturated rings. The number of nitrogens with one attached hydrogen (secondary N) is 2. The monoisotopic (exact) mass is 412 g/mol. The fourth-order valence-corrected chi connectivity index (χ4v) is 4.13. The summed E-state index contributed by atoms with van der Waals surface area (Å²) in [7, 11) is 0. The van der Waals surface area contributed by atoms with Crippen molar-refractivity contribution < 1.29 is 0 Å². The van der Waals surface area contributed by atoms with Crippen molar-refractivity contribution in [3.05, 3.63) is 72.1 Å². The molecule has 2 aromatic heterocycles. The van der Waals surface area contributed by atoms with Crippen LogP contribution in [0.2, 0.25) is 0 Å². The standard InChI is InChI=1S/C27H32N4/c1-20-18-26(22-12-6-8-14-24(22)30-20)28-16-10-4-3-5-11-17-29-27-19-21(2)31-25-15-9-7-13-23(25)27/h6-9,12-15,18-19H,3-5,10-11,16-17H2,1-2H3,(H,28,30)(H,29,31). The minimum Gasteiger partial charge on any atom is -0.384 e.